The Labute approximate surface area is 161 Å². The van der Waals surface area contributed by atoms with Crippen LogP contribution in [0.3, 0.4) is 0 Å². The van der Waals surface area contributed by atoms with Crippen LogP contribution in [0.2, 0.25) is 0 Å². The van der Waals surface area contributed by atoms with Crippen LogP contribution in [0, 0.1) is 12.0 Å². The zero-order valence-electron chi connectivity index (χ0n) is 16.1. The number of carbonyl (C=O) groups is 2. The first kappa shape index (κ1) is 19.2. The summed E-state index contributed by atoms with van der Waals surface area (Å²) in [5.41, 5.74) is 3.17. The van der Waals surface area contributed by atoms with Crippen molar-refractivity contribution in [2.75, 3.05) is 17.3 Å². The minimum Gasteiger partial charge on any atom is -0.325 e. The molecule has 141 valence electrons. The second kappa shape index (κ2) is 8.85. The first-order valence-corrected chi connectivity index (χ1v) is 9.70. The first-order chi connectivity index (χ1) is 13.1. The molecule has 0 heterocycles. The lowest BCUT2D eigenvalue weighted by Gasteiger charge is -2.23. The molecule has 1 aliphatic carbocycles. The Bertz CT molecular complexity index is 795. The topological polar surface area (TPSA) is 49.4 Å². The highest BCUT2D eigenvalue weighted by Crippen LogP contribution is 2.37. The molecule has 1 radical (unpaired) electrons. The van der Waals surface area contributed by atoms with Gasteiger partial charge in [-0.15, -0.1) is 0 Å². The van der Waals surface area contributed by atoms with E-state index in [2.05, 4.69) is 11.4 Å². The van der Waals surface area contributed by atoms with Crippen LogP contribution in [0.4, 0.5) is 11.4 Å². The highest BCUT2D eigenvalue weighted by atomic mass is 16.2. The van der Waals surface area contributed by atoms with Gasteiger partial charge in [-0.2, -0.15) is 0 Å². The molecule has 27 heavy (non-hydrogen) atoms. The Kier molecular flexibility index (Phi) is 6.28. The Balaban J connectivity index is 1.91. The van der Waals surface area contributed by atoms with E-state index < -0.39 is 0 Å². The average molecular weight is 363 g/mol. The van der Waals surface area contributed by atoms with Crippen LogP contribution >= 0.6 is 0 Å². The Hall–Kier alpha value is -2.62. The Morgan fingerprint density at radius 2 is 1.81 bits per heavy atom. The van der Waals surface area contributed by atoms with Crippen molar-refractivity contribution >= 4 is 23.2 Å². The van der Waals surface area contributed by atoms with Crippen LogP contribution in [0.15, 0.2) is 42.5 Å². The molecule has 0 atom stereocenters. The molecule has 0 unspecified atom stereocenters. The van der Waals surface area contributed by atoms with Crippen molar-refractivity contribution in [2.45, 2.75) is 45.4 Å². The van der Waals surface area contributed by atoms with Crippen LogP contribution < -0.4 is 10.2 Å². The van der Waals surface area contributed by atoms with E-state index in [9.17, 15) is 9.59 Å². The molecular weight excluding hydrogens is 336 g/mol. The monoisotopic (exact) mass is 363 g/mol. The maximum Gasteiger partial charge on any atom is 0.224 e. The average Bonchev–Trinajstić information content (AvgIpc) is 2.68. The highest BCUT2D eigenvalue weighted by molar-refractivity contribution is 6.03. The highest BCUT2D eigenvalue weighted by Gasteiger charge is 2.20. The lowest BCUT2D eigenvalue weighted by molar-refractivity contribution is -0.117. The third-order valence-corrected chi connectivity index (χ3v) is 5.33. The predicted molar refractivity (Wildman–Crippen MR) is 110 cm³/mol. The van der Waals surface area contributed by atoms with E-state index >= 15 is 0 Å². The number of benzene rings is 2. The summed E-state index contributed by atoms with van der Waals surface area (Å²) in [5, 5.41) is 3.06. The quantitative estimate of drug-likeness (QED) is 0.808. The van der Waals surface area contributed by atoms with Crippen LogP contribution in [-0.2, 0) is 9.59 Å². The maximum absolute atomic E-state index is 12.7. The van der Waals surface area contributed by atoms with Crippen LogP contribution in [0.1, 0.15) is 45.4 Å². The summed E-state index contributed by atoms with van der Waals surface area (Å²) in [6, 6.07) is 16.6. The summed E-state index contributed by atoms with van der Waals surface area (Å²) >= 11 is 0. The van der Waals surface area contributed by atoms with Gasteiger partial charge in [0.1, 0.15) is 0 Å². The lowest BCUT2D eigenvalue weighted by atomic mass is 9.87. The fraction of sp³-hybridized carbons (Fsp3) is 0.391. The summed E-state index contributed by atoms with van der Waals surface area (Å²) < 4.78 is 0. The van der Waals surface area contributed by atoms with Crippen molar-refractivity contribution in [3.05, 3.63) is 48.5 Å². The van der Waals surface area contributed by atoms with Crippen LogP contribution in [-0.4, -0.2) is 18.9 Å². The second-order valence-corrected chi connectivity index (χ2v) is 7.31. The molecule has 0 saturated heterocycles. The van der Waals surface area contributed by atoms with E-state index in [4.69, 9.17) is 0 Å². The van der Waals surface area contributed by atoms with Gasteiger partial charge >= 0.3 is 0 Å². The van der Waals surface area contributed by atoms with Gasteiger partial charge in [0.25, 0.3) is 0 Å². The summed E-state index contributed by atoms with van der Waals surface area (Å²) in [5.74, 6) is 0.442. The molecule has 1 aliphatic rings. The van der Waals surface area contributed by atoms with Crippen LogP contribution in [0.5, 0.6) is 0 Å². The Morgan fingerprint density at radius 1 is 1.11 bits per heavy atom. The summed E-state index contributed by atoms with van der Waals surface area (Å²) in [4.78, 5) is 26.2. The second-order valence-electron chi connectivity index (χ2n) is 7.31. The van der Waals surface area contributed by atoms with Gasteiger partial charge in [-0.05, 0) is 30.4 Å². The number of nitrogens with zero attached hydrogens (tertiary/aromatic N) is 1. The van der Waals surface area contributed by atoms with Gasteiger partial charge in [-0.1, -0.05) is 55.7 Å². The van der Waals surface area contributed by atoms with Crippen molar-refractivity contribution in [1.82, 2.24) is 0 Å². The number of nitrogens with one attached hydrogen (secondary N) is 1. The van der Waals surface area contributed by atoms with Gasteiger partial charge in [0, 0.05) is 32.0 Å². The lowest BCUT2D eigenvalue weighted by Crippen LogP contribution is -2.24. The number of rotatable bonds is 5. The molecule has 3 rings (SSSR count). The largest absolute Gasteiger partial charge is 0.325 e. The van der Waals surface area contributed by atoms with Crippen molar-refractivity contribution in [1.29, 1.82) is 0 Å². The fourth-order valence-electron chi connectivity index (χ4n) is 3.78. The van der Waals surface area contributed by atoms with Gasteiger partial charge in [0.15, 0.2) is 0 Å². The summed E-state index contributed by atoms with van der Waals surface area (Å²) in [7, 11) is 1.75. The molecule has 1 saturated carbocycles. The number of hydrogen-bond acceptors (Lipinski definition) is 2. The minimum atomic E-state index is -0.0575. The van der Waals surface area contributed by atoms with Crippen molar-refractivity contribution in [2.24, 2.45) is 5.92 Å². The molecule has 1 N–H and O–H groups in total. The van der Waals surface area contributed by atoms with Gasteiger partial charge in [0.05, 0.1) is 11.4 Å². The third kappa shape index (κ3) is 4.76. The number of hydrogen-bond donors (Lipinski definition) is 1. The first-order valence-electron chi connectivity index (χ1n) is 9.70. The third-order valence-electron chi connectivity index (χ3n) is 5.33. The minimum absolute atomic E-state index is 0.0259. The van der Waals surface area contributed by atoms with E-state index in [-0.39, 0.29) is 11.8 Å². The van der Waals surface area contributed by atoms with E-state index in [1.54, 1.807) is 18.0 Å². The summed E-state index contributed by atoms with van der Waals surface area (Å²) in [6.45, 7) is 1.53. The zero-order valence-corrected chi connectivity index (χ0v) is 16.1. The Morgan fingerprint density at radius 3 is 2.48 bits per heavy atom. The number of amides is 2. The molecule has 0 bridgehead atoms. The number of anilines is 2. The predicted octanol–water partition coefficient (Wildman–Crippen LogP) is 5.05. The SMILES string of the molecule is CC(=O)N(C)c1cc[c]c(NC(=O)CC2CCCCC2)c1-c1ccccc1. The van der Waals surface area contributed by atoms with E-state index in [0.29, 0.717) is 18.0 Å². The smallest absolute Gasteiger partial charge is 0.224 e. The van der Waals surface area contributed by atoms with Gasteiger partial charge in [0.2, 0.25) is 11.8 Å². The van der Waals surface area contributed by atoms with E-state index in [1.807, 2.05) is 36.4 Å². The van der Waals surface area contributed by atoms with Crippen molar-refractivity contribution in [3.63, 3.8) is 0 Å². The molecule has 2 aromatic carbocycles. The van der Waals surface area contributed by atoms with Crippen LogP contribution in [0.25, 0.3) is 11.1 Å². The van der Waals surface area contributed by atoms with Crippen molar-refractivity contribution < 1.29 is 9.59 Å². The van der Waals surface area contributed by atoms with Gasteiger partial charge < -0.3 is 10.2 Å². The molecule has 2 aromatic rings. The maximum atomic E-state index is 12.7. The fourth-order valence-corrected chi connectivity index (χ4v) is 3.78. The number of carbonyl (C=O) groups excluding carboxylic acids is 2. The van der Waals surface area contributed by atoms with E-state index in [0.717, 1.165) is 29.7 Å². The molecule has 4 nitrogen and oxygen atoms in total. The van der Waals surface area contributed by atoms with Gasteiger partial charge in [-0.3, -0.25) is 9.59 Å². The van der Waals surface area contributed by atoms with Gasteiger partial charge in [-0.25, -0.2) is 0 Å². The summed E-state index contributed by atoms with van der Waals surface area (Å²) in [6.07, 6.45) is 6.54. The molecule has 2 amide bonds. The van der Waals surface area contributed by atoms with Crippen molar-refractivity contribution in [3.8, 4) is 11.1 Å². The molecule has 0 spiro atoms. The molecule has 0 aliphatic heterocycles. The molecular formula is C23H27N2O2. The molecule has 4 heteroatoms. The van der Waals surface area contributed by atoms with E-state index in [1.165, 1.54) is 26.2 Å². The molecule has 0 aromatic heterocycles. The molecule has 1 fully saturated rings. The zero-order chi connectivity index (χ0) is 19.2. The normalized spacial score (nSPS) is 14.6. The standard InChI is InChI=1S/C23H27N2O2/c1-17(26)25(2)21-15-9-14-20(23(21)19-12-7-4-8-13-19)24-22(27)16-18-10-5-3-6-11-18/h4,7-9,12-13,15,18H,3,5-6,10-11,16H2,1-2H3,(H,24,27).